The second kappa shape index (κ2) is 8.20. The van der Waals surface area contributed by atoms with Gasteiger partial charge in [-0.3, -0.25) is 0 Å². The molecule has 3 aromatic heterocycles. The van der Waals surface area contributed by atoms with Crippen molar-refractivity contribution < 1.29 is 14.2 Å². The molecule has 0 spiro atoms. The van der Waals surface area contributed by atoms with Crippen molar-refractivity contribution in [1.82, 2.24) is 19.7 Å². The number of nitrogens with zero attached hydrogens (tertiary/aromatic N) is 5. The van der Waals surface area contributed by atoms with Crippen molar-refractivity contribution in [1.29, 1.82) is 0 Å². The molecule has 4 heterocycles. The third-order valence-corrected chi connectivity index (χ3v) is 5.99. The summed E-state index contributed by atoms with van der Waals surface area (Å²) in [4.78, 5) is 8.73. The van der Waals surface area contributed by atoms with E-state index in [0.717, 1.165) is 64.0 Å². The fourth-order valence-electron chi connectivity index (χ4n) is 4.30. The molecule has 0 bridgehead atoms. The molecular weight excluding hydrogens is 406 g/mol. The Kier molecular flexibility index (Phi) is 5.22. The number of aromatic nitrogens is 5. The lowest BCUT2D eigenvalue weighted by atomic mass is 9.98. The predicted octanol–water partition coefficient (Wildman–Crippen LogP) is 4.54. The second-order valence-electron chi connectivity index (χ2n) is 8.15. The molecule has 1 aliphatic rings. The maximum Gasteiger partial charge on any atom is 0.289 e. The summed E-state index contributed by atoms with van der Waals surface area (Å²) < 4.78 is 14.8. The van der Waals surface area contributed by atoms with Gasteiger partial charge in [0.25, 0.3) is 6.33 Å². The summed E-state index contributed by atoms with van der Waals surface area (Å²) >= 11 is 0. The molecule has 0 amide bonds. The SMILES string of the molecule is Cc1cc(Oc2ccnc3c2cnn3C2CCCCO2)ccc1-c1c(C)nc[n+]([O-])c1C. The van der Waals surface area contributed by atoms with Crippen molar-refractivity contribution in [3.8, 4) is 22.6 Å². The molecule has 32 heavy (non-hydrogen) atoms. The van der Waals surface area contributed by atoms with Gasteiger partial charge in [0, 0.05) is 19.7 Å². The van der Waals surface area contributed by atoms with Crippen LogP contribution in [-0.4, -0.2) is 26.4 Å². The van der Waals surface area contributed by atoms with Gasteiger partial charge in [-0.25, -0.2) is 14.4 Å². The number of ether oxygens (including phenoxy) is 2. The van der Waals surface area contributed by atoms with Crippen molar-refractivity contribution in [2.45, 2.75) is 46.3 Å². The van der Waals surface area contributed by atoms with Crippen LogP contribution in [0.2, 0.25) is 0 Å². The molecule has 0 saturated carbocycles. The van der Waals surface area contributed by atoms with Crippen LogP contribution < -0.4 is 9.47 Å². The van der Waals surface area contributed by atoms with Gasteiger partial charge in [0.15, 0.2) is 17.6 Å². The Balaban J connectivity index is 1.47. The quantitative estimate of drug-likeness (QED) is 0.348. The van der Waals surface area contributed by atoms with Gasteiger partial charge < -0.3 is 14.7 Å². The summed E-state index contributed by atoms with van der Waals surface area (Å²) in [5.41, 5.74) is 5.02. The molecule has 8 nitrogen and oxygen atoms in total. The molecule has 4 aromatic rings. The zero-order chi connectivity index (χ0) is 22.2. The maximum atomic E-state index is 12.0. The first-order chi connectivity index (χ1) is 15.5. The summed E-state index contributed by atoms with van der Waals surface area (Å²) in [6.07, 6.45) is 7.87. The number of benzene rings is 1. The average Bonchev–Trinajstić information content (AvgIpc) is 3.24. The normalized spacial score (nSPS) is 16.4. The number of pyridine rings is 1. The Labute approximate surface area is 186 Å². The molecule has 1 aliphatic heterocycles. The predicted molar refractivity (Wildman–Crippen MR) is 119 cm³/mol. The first-order valence-corrected chi connectivity index (χ1v) is 10.8. The van der Waals surface area contributed by atoms with Crippen LogP contribution in [0.1, 0.15) is 42.4 Å². The van der Waals surface area contributed by atoms with Gasteiger partial charge in [-0.15, -0.1) is 0 Å². The molecule has 1 fully saturated rings. The molecule has 5 rings (SSSR count). The number of hydrogen-bond donors (Lipinski definition) is 0. The molecule has 164 valence electrons. The summed E-state index contributed by atoms with van der Waals surface area (Å²) in [6.45, 7) is 6.47. The van der Waals surface area contributed by atoms with Crippen LogP contribution >= 0.6 is 0 Å². The van der Waals surface area contributed by atoms with Gasteiger partial charge in [0.2, 0.25) is 0 Å². The highest BCUT2D eigenvalue weighted by atomic mass is 16.5. The lowest BCUT2D eigenvalue weighted by Crippen LogP contribution is -2.31. The highest BCUT2D eigenvalue weighted by Crippen LogP contribution is 2.34. The minimum atomic E-state index is -0.0831. The van der Waals surface area contributed by atoms with Crippen LogP contribution in [0.5, 0.6) is 11.5 Å². The highest BCUT2D eigenvalue weighted by molar-refractivity contribution is 5.82. The Hall–Kier alpha value is -3.52. The summed E-state index contributed by atoms with van der Waals surface area (Å²) in [7, 11) is 0. The monoisotopic (exact) mass is 431 g/mol. The first-order valence-electron chi connectivity index (χ1n) is 10.8. The van der Waals surface area contributed by atoms with E-state index in [-0.39, 0.29) is 6.23 Å². The number of rotatable bonds is 4. The zero-order valence-electron chi connectivity index (χ0n) is 18.4. The van der Waals surface area contributed by atoms with Crippen LogP contribution in [0, 0.1) is 26.0 Å². The highest BCUT2D eigenvalue weighted by Gasteiger charge is 2.21. The van der Waals surface area contributed by atoms with Crippen molar-refractivity contribution in [2.24, 2.45) is 0 Å². The van der Waals surface area contributed by atoms with E-state index in [1.165, 1.54) is 6.33 Å². The lowest BCUT2D eigenvalue weighted by molar-refractivity contribution is -0.615. The van der Waals surface area contributed by atoms with Gasteiger partial charge in [-0.1, -0.05) is 11.1 Å². The smallest absolute Gasteiger partial charge is 0.289 e. The van der Waals surface area contributed by atoms with Crippen molar-refractivity contribution in [3.63, 3.8) is 0 Å². The third kappa shape index (κ3) is 3.56. The van der Waals surface area contributed by atoms with Gasteiger partial charge >= 0.3 is 0 Å². The van der Waals surface area contributed by atoms with E-state index in [1.807, 2.05) is 49.7 Å². The summed E-state index contributed by atoms with van der Waals surface area (Å²) in [6, 6.07) is 7.69. The standard InChI is InChI=1S/C24H25N5O3/c1-15-12-18(7-8-19(15)23-16(2)26-14-28(30)17(23)3)32-21-9-10-25-24-20(21)13-27-29(24)22-6-4-5-11-31-22/h7-10,12-14,22H,4-6,11H2,1-3H3. The van der Waals surface area contributed by atoms with Crippen molar-refractivity contribution >= 4 is 11.0 Å². The molecule has 0 aliphatic carbocycles. The third-order valence-electron chi connectivity index (χ3n) is 5.99. The van der Waals surface area contributed by atoms with Crippen LogP contribution in [-0.2, 0) is 4.74 Å². The molecular formula is C24H25N5O3. The Bertz CT molecular complexity index is 1290. The average molecular weight is 431 g/mol. The van der Waals surface area contributed by atoms with Crippen LogP contribution in [0.4, 0.5) is 0 Å². The number of fused-ring (bicyclic) bond motifs is 1. The van der Waals surface area contributed by atoms with Gasteiger partial charge in [0.05, 0.1) is 17.1 Å². The lowest BCUT2D eigenvalue weighted by Gasteiger charge is -2.23. The summed E-state index contributed by atoms with van der Waals surface area (Å²) in [5.74, 6) is 1.39. The van der Waals surface area contributed by atoms with Crippen molar-refractivity contribution in [3.05, 3.63) is 65.1 Å². The fourth-order valence-corrected chi connectivity index (χ4v) is 4.30. The van der Waals surface area contributed by atoms with E-state index in [2.05, 4.69) is 15.1 Å². The summed E-state index contributed by atoms with van der Waals surface area (Å²) in [5, 5.41) is 17.4. The Morgan fingerprint density at radius 2 is 2.03 bits per heavy atom. The minimum absolute atomic E-state index is 0.0831. The van der Waals surface area contributed by atoms with E-state index in [0.29, 0.717) is 17.2 Å². The van der Waals surface area contributed by atoms with Gasteiger partial charge in [0.1, 0.15) is 17.2 Å². The molecule has 1 atom stereocenters. The van der Waals surface area contributed by atoms with E-state index >= 15 is 0 Å². The molecule has 1 unspecified atom stereocenters. The van der Waals surface area contributed by atoms with E-state index in [9.17, 15) is 5.21 Å². The molecule has 1 aromatic carbocycles. The van der Waals surface area contributed by atoms with Gasteiger partial charge in [-0.05, 0) is 62.4 Å². The topological polar surface area (TPSA) is 89.0 Å². The van der Waals surface area contributed by atoms with Crippen LogP contribution in [0.15, 0.2) is 43.0 Å². The number of aryl methyl sites for hydroxylation is 2. The van der Waals surface area contributed by atoms with Crippen LogP contribution in [0.3, 0.4) is 0 Å². The fraction of sp³-hybridized carbons (Fsp3) is 0.333. The van der Waals surface area contributed by atoms with E-state index in [1.54, 1.807) is 12.4 Å². The van der Waals surface area contributed by atoms with Crippen molar-refractivity contribution in [2.75, 3.05) is 6.61 Å². The Morgan fingerprint density at radius 1 is 1.16 bits per heavy atom. The molecule has 0 radical (unpaired) electrons. The number of hydrogen-bond acceptors (Lipinski definition) is 6. The largest absolute Gasteiger partial charge is 0.711 e. The molecule has 8 heteroatoms. The minimum Gasteiger partial charge on any atom is -0.711 e. The van der Waals surface area contributed by atoms with E-state index in [4.69, 9.17) is 9.47 Å². The molecule has 1 saturated heterocycles. The van der Waals surface area contributed by atoms with E-state index < -0.39 is 0 Å². The Morgan fingerprint density at radius 3 is 2.81 bits per heavy atom. The van der Waals surface area contributed by atoms with Crippen LogP contribution in [0.25, 0.3) is 22.2 Å². The van der Waals surface area contributed by atoms with Gasteiger partial charge in [-0.2, -0.15) is 5.10 Å². The zero-order valence-corrected chi connectivity index (χ0v) is 18.4. The first kappa shape index (κ1) is 20.4. The molecule has 0 N–H and O–H groups in total. The maximum absolute atomic E-state index is 12.0. The second-order valence-corrected chi connectivity index (χ2v) is 8.15.